The monoisotopic (exact) mass is 537 g/mol. The molecular formula is C16H10Cl7N3OS. The normalized spacial score (nSPS) is 12.2. The highest BCUT2D eigenvalue weighted by Crippen LogP contribution is 2.30. The van der Waals surface area contributed by atoms with E-state index in [1.54, 1.807) is 12.1 Å². The molecule has 3 N–H and O–H groups in total. The Bertz CT molecular complexity index is 904. The van der Waals surface area contributed by atoms with Gasteiger partial charge in [-0.15, -0.1) is 0 Å². The Hall–Kier alpha value is -0.370. The first-order chi connectivity index (χ1) is 13.0. The molecule has 0 aliphatic rings. The summed E-state index contributed by atoms with van der Waals surface area (Å²) in [6, 6.07) is 9.15. The SMILES string of the molecule is O=C(N[C@@H](NC(=S)Nc1ccc(Cl)cc1Cl)C(Cl)(Cl)Cl)c1ccc(Cl)cc1Cl. The zero-order chi connectivity index (χ0) is 21.1. The molecule has 0 spiro atoms. The Balaban J connectivity index is 2.13. The number of halogens is 7. The Morgan fingerprint density at radius 1 is 0.893 bits per heavy atom. The summed E-state index contributed by atoms with van der Waals surface area (Å²) in [5.74, 6) is -0.599. The van der Waals surface area contributed by atoms with Crippen molar-refractivity contribution in [2.24, 2.45) is 0 Å². The molecule has 0 bridgehead atoms. The number of anilines is 1. The predicted octanol–water partition coefficient (Wildman–Crippen LogP) is 6.71. The second kappa shape index (κ2) is 10.1. The minimum absolute atomic E-state index is 0.0445. The van der Waals surface area contributed by atoms with Crippen LogP contribution in [0.5, 0.6) is 0 Å². The van der Waals surface area contributed by atoms with Crippen LogP contribution in [0.25, 0.3) is 0 Å². The summed E-state index contributed by atoms with van der Waals surface area (Å²) in [5, 5.41) is 9.41. The van der Waals surface area contributed by atoms with Gasteiger partial charge >= 0.3 is 0 Å². The number of alkyl halides is 3. The standard InChI is InChI=1S/C16H10Cl7N3OS/c17-7-1-3-9(10(19)5-7)13(27)25-14(16(21,22)23)26-15(28)24-12-4-2-8(18)6-11(12)20/h1-6,14H,(H,25,27)(H2,24,26,28)/t14-/m0/s1. The number of nitrogens with one attached hydrogen (secondary N) is 3. The number of carbonyl (C=O) groups excluding carboxylic acids is 1. The van der Waals surface area contributed by atoms with Crippen molar-refractivity contribution in [2.75, 3.05) is 5.32 Å². The van der Waals surface area contributed by atoms with E-state index < -0.39 is 15.9 Å². The molecular weight excluding hydrogens is 530 g/mol. The molecule has 0 aliphatic carbocycles. The lowest BCUT2D eigenvalue weighted by molar-refractivity contribution is 0.0934. The lowest BCUT2D eigenvalue weighted by Crippen LogP contribution is -2.56. The maximum Gasteiger partial charge on any atom is 0.254 e. The van der Waals surface area contributed by atoms with Crippen molar-refractivity contribution in [3.8, 4) is 0 Å². The van der Waals surface area contributed by atoms with Gasteiger partial charge in [-0.25, -0.2) is 0 Å². The fourth-order valence-electron chi connectivity index (χ4n) is 1.96. The van der Waals surface area contributed by atoms with Crippen LogP contribution in [0.4, 0.5) is 5.69 Å². The van der Waals surface area contributed by atoms with E-state index in [9.17, 15) is 4.79 Å². The lowest BCUT2D eigenvalue weighted by atomic mass is 10.2. The Morgan fingerprint density at radius 2 is 1.46 bits per heavy atom. The molecule has 0 saturated heterocycles. The van der Waals surface area contributed by atoms with E-state index >= 15 is 0 Å². The van der Waals surface area contributed by atoms with Gasteiger partial charge in [0.1, 0.15) is 6.17 Å². The maximum atomic E-state index is 12.5. The van der Waals surface area contributed by atoms with Gasteiger partial charge in [0.2, 0.25) is 3.79 Å². The van der Waals surface area contributed by atoms with E-state index in [2.05, 4.69) is 16.0 Å². The molecule has 28 heavy (non-hydrogen) atoms. The quantitative estimate of drug-likeness (QED) is 0.229. The minimum atomic E-state index is -1.94. The molecule has 12 heteroatoms. The molecule has 1 amide bonds. The summed E-state index contributed by atoms with van der Waals surface area (Å²) in [6.07, 6.45) is -1.19. The highest BCUT2D eigenvalue weighted by molar-refractivity contribution is 7.80. The van der Waals surface area contributed by atoms with Crippen LogP contribution in [0.15, 0.2) is 36.4 Å². The number of hydrogen-bond donors (Lipinski definition) is 3. The summed E-state index contributed by atoms with van der Waals surface area (Å²) in [7, 11) is 0. The van der Waals surface area contributed by atoms with E-state index in [1.807, 2.05) is 0 Å². The van der Waals surface area contributed by atoms with Crippen molar-refractivity contribution in [1.29, 1.82) is 0 Å². The van der Waals surface area contributed by atoms with Gasteiger partial charge in [-0.3, -0.25) is 4.79 Å². The zero-order valence-corrected chi connectivity index (χ0v) is 19.6. The third kappa shape index (κ3) is 6.85. The van der Waals surface area contributed by atoms with Gasteiger partial charge in [0.05, 0.1) is 21.3 Å². The largest absolute Gasteiger partial charge is 0.339 e. The predicted molar refractivity (Wildman–Crippen MR) is 124 cm³/mol. The fraction of sp³-hybridized carbons (Fsp3) is 0.125. The molecule has 2 aromatic carbocycles. The van der Waals surface area contributed by atoms with Gasteiger partial charge in [-0.2, -0.15) is 0 Å². The molecule has 2 rings (SSSR count). The molecule has 0 radical (unpaired) electrons. The molecule has 4 nitrogen and oxygen atoms in total. The number of rotatable bonds is 4. The van der Waals surface area contributed by atoms with Crippen LogP contribution in [0.2, 0.25) is 20.1 Å². The van der Waals surface area contributed by atoms with E-state index in [0.29, 0.717) is 20.8 Å². The third-order valence-corrected chi connectivity index (χ3v) is 5.20. The van der Waals surface area contributed by atoms with Crippen LogP contribution in [0, 0.1) is 0 Å². The smallest absolute Gasteiger partial charge is 0.254 e. The van der Waals surface area contributed by atoms with Gasteiger partial charge in [0.25, 0.3) is 5.91 Å². The van der Waals surface area contributed by atoms with E-state index in [1.165, 1.54) is 24.3 Å². The fourth-order valence-corrected chi connectivity index (χ4v) is 3.47. The van der Waals surface area contributed by atoms with Crippen LogP contribution in [-0.4, -0.2) is 21.0 Å². The average molecular weight is 541 g/mol. The van der Waals surface area contributed by atoms with Crippen molar-refractivity contribution in [3.63, 3.8) is 0 Å². The number of benzene rings is 2. The zero-order valence-electron chi connectivity index (χ0n) is 13.5. The number of hydrogen-bond acceptors (Lipinski definition) is 2. The summed E-state index contributed by atoms with van der Waals surface area (Å²) in [6.45, 7) is 0. The summed E-state index contributed by atoms with van der Waals surface area (Å²) in [5.41, 5.74) is 0.616. The Morgan fingerprint density at radius 3 is 2.00 bits per heavy atom. The first-order valence-electron chi connectivity index (χ1n) is 7.32. The van der Waals surface area contributed by atoms with Crippen molar-refractivity contribution in [3.05, 3.63) is 62.1 Å². The van der Waals surface area contributed by atoms with Gasteiger partial charge < -0.3 is 16.0 Å². The van der Waals surface area contributed by atoms with Crippen LogP contribution in [0.1, 0.15) is 10.4 Å². The first kappa shape index (κ1) is 23.9. The second-order valence-electron chi connectivity index (χ2n) is 5.29. The number of carbonyl (C=O) groups is 1. The van der Waals surface area contributed by atoms with Crippen molar-refractivity contribution in [1.82, 2.24) is 10.6 Å². The van der Waals surface area contributed by atoms with Gasteiger partial charge in [-0.05, 0) is 48.6 Å². The van der Waals surface area contributed by atoms with Crippen molar-refractivity contribution < 1.29 is 4.79 Å². The molecule has 0 fully saturated rings. The molecule has 0 aromatic heterocycles. The van der Waals surface area contributed by atoms with Gasteiger partial charge in [0.15, 0.2) is 5.11 Å². The maximum absolute atomic E-state index is 12.5. The summed E-state index contributed by atoms with van der Waals surface area (Å²) < 4.78 is -1.94. The Kier molecular flexibility index (Phi) is 8.62. The molecule has 0 aliphatic heterocycles. The second-order valence-corrected chi connectivity index (χ2v) is 9.76. The van der Waals surface area contributed by atoms with E-state index in [0.717, 1.165) is 0 Å². The molecule has 0 heterocycles. The van der Waals surface area contributed by atoms with Gasteiger partial charge in [0, 0.05) is 10.0 Å². The summed E-state index contributed by atoms with van der Waals surface area (Å²) in [4.78, 5) is 12.5. The van der Waals surface area contributed by atoms with Crippen LogP contribution in [-0.2, 0) is 0 Å². The van der Waals surface area contributed by atoms with Crippen molar-refractivity contribution >= 4 is 110 Å². The van der Waals surface area contributed by atoms with Gasteiger partial charge in [-0.1, -0.05) is 81.2 Å². The molecule has 0 unspecified atom stereocenters. The summed E-state index contributed by atoms with van der Waals surface area (Å²) >= 11 is 46.9. The van der Waals surface area contributed by atoms with Crippen LogP contribution >= 0.6 is 93.4 Å². The van der Waals surface area contributed by atoms with E-state index in [-0.39, 0.29) is 15.7 Å². The molecule has 0 saturated carbocycles. The molecule has 2 aromatic rings. The molecule has 1 atom stereocenters. The van der Waals surface area contributed by atoms with Crippen molar-refractivity contribution in [2.45, 2.75) is 9.96 Å². The van der Waals surface area contributed by atoms with E-state index in [4.69, 9.17) is 93.4 Å². The highest BCUT2D eigenvalue weighted by atomic mass is 35.6. The minimum Gasteiger partial charge on any atom is -0.339 e. The highest BCUT2D eigenvalue weighted by Gasteiger charge is 2.35. The number of amides is 1. The lowest BCUT2D eigenvalue weighted by Gasteiger charge is -2.28. The van der Waals surface area contributed by atoms with Crippen LogP contribution < -0.4 is 16.0 Å². The number of thiocarbonyl (C=S) groups is 1. The average Bonchev–Trinajstić information content (AvgIpc) is 2.55. The topological polar surface area (TPSA) is 53.2 Å². The first-order valence-corrected chi connectivity index (χ1v) is 10.4. The van der Waals surface area contributed by atoms with Crippen LogP contribution in [0.3, 0.4) is 0 Å². The Labute approximate surface area is 201 Å². The third-order valence-electron chi connectivity index (χ3n) is 3.23. The molecule has 150 valence electrons.